The fraction of sp³-hybridized carbons (Fsp3) is 0.455. The molecular formula is C11H15N5O4. The van der Waals surface area contributed by atoms with Gasteiger partial charge in [0.2, 0.25) is 0 Å². The van der Waals surface area contributed by atoms with Gasteiger partial charge in [0.1, 0.15) is 5.82 Å². The Morgan fingerprint density at radius 2 is 2.05 bits per heavy atom. The Labute approximate surface area is 112 Å². The summed E-state index contributed by atoms with van der Waals surface area (Å²) in [6, 6.07) is -0.556. The van der Waals surface area contributed by atoms with Gasteiger partial charge in [0, 0.05) is 14.1 Å². The van der Waals surface area contributed by atoms with Crippen molar-refractivity contribution in [2.45, 2.75) is 19.4 Å². The van der Waals surface area contributed by atoms with Gasteiger partial charge in [-0.3, -0.25) is 14.3 Å². The van der Waals surface area contributed by atoms with Gasteiger partial charge in [-0.25, -0.2) is 14.6 Å². The van der Waals surface area contributed by atoms with Crippen LogP contribution in [0.2, 0.25) is 0 Å². The van der Waals surface area contributed by atoms with Crippen molar-refractivity contribution >= 4 is 17.3 Å². The van der Waals surface area contributed by atoms with Gasteiger partial charge in [0.05, 0.1) is 6.04 Å². The molecule has 1 unspecified atom stereocenters. The minimum absolute atomic E-state index is 0.224. The molecule has 9 nitrogen and oxygen atoms in total. The van der Waals surface area contributed by atoms with Crippen LogP contribution in [0.3, 0.4) is 0 Å². The Balaban J connectivity index is 2.73. The summed E-state index contributed by atoms with van der Waals surface area (Å²) < 4.78 is 2.71. The molecule has 0 aliphatic rings. The molecule has 108 valence electrons. The highest BCUT2D eigenvalue weighted by molar-refractivity contribution is 5.71. The van der Waals surface area contributed by atoms with Gasteiger partial charge in [-0.15, -0.1) is 0 Å². The van der Waals surface area contributed by atoms with Crippen LogP contribution in [-0.2, 0) is 14.1 Å². The predicted octanol–water partition coefficient (Wildman–Crippen LogP) is -0.321. The summed E-state index contributed by atoms with van der Waals surface area (Å²) in [5.74, 6) is 0.386. The number of aromatic amines is 1. The van der Waals surface area contributed by atoms with E-state index in [-0.39, 0.29) is 11.2 Å². The molecule has 0 radical (unpaired) electrons. The van der Waals surface area contributed by atoms with Crippen LogP contribution in [0.4, 0.5) is 4.79 Å². The summed E-state index contributed by atoms with van der Waals surface area (Å²) in [5.41, 5.74) is -0.657. The lowest BCUT2D eigenvalue weighted by Gasteiger charge is -2.14. The average Bonchev–Trinajstić information content (AvgIpc) is 2.71. The number of imidazole rings is 1. The molecule has 0 bridgehead atoms. The number of carbonyl (C=O) groups is 1. The lowest BCUT2D eigenvalue weighted by atomic mass is 10.2. The molecule has 0 saturated carbocycles. The fourth-order valence-electron chi connectivity index (χ4n) is 2.13. The van der Waals surface area contributed by atoms with E-state index < -0.39 is 23.4 Å². The van der Waals surface area contributed by atoms with Crippen molar-refractivity contribution in [3.05, 3.63) is 26.7 Å². The van der Waals surface area contributed by atoms with E-state index in [0.717, 1.165) is 0 Å². The molecule has 2 aromatic heterocycles. The molecule has 2 aromatic rings. The van der Waals surface area contributed by atoms with Crippen molar-refractivity contribution in [2.75, 3.05) is 0 Å². The molecule has 0 fully saturated rings. The first-order chi connectivity index (χ1) is 9.36. The Morgan fingerprint density at radius 3 is 2.60 bits per heavy atom. The van der Waals surface area contributed by atoms with Crippen LogP contribution in [0.1, 0.15) is 25.2 Å². The molecule has 2 rings (SSSR count). The number of H-pyrrole nitrogens is 1. The van der Waals surface area contributed by atoms with E-state index in [2.05, 4.69) is 15.3 Å². The van der Waals surface area contributed by atoms with Crippen LogP contribution in [0.15, 0.2) is 9.59 Å². The maximum atomic E-state index is 11.9. The number of hydrogen-bond donors (Lipinski definition) is 3. The molecule has 0 saturated heterocycles. The van der Waals surface area contributed by atoms with Gasteiger partial charge >= 0.3 is 11.8 Å². The Kier molecular flexibility index (Phi) is 3.35. The van der Waals surface area contributed by atoms with E-state index >= 15 is 0 Å². The third-order valence-corrected chi connectivity index (χ3v) is 3.19. The number of hydrogen-bond acceptors (Lipinski definition) is 4. The minimum atomic E-state index is -1.17. The normalized spacial score (nSPS) is 12.6. The highest BCUT2D eigenvalue weighted by atomic mass is 16.4. The third kappa shape index (κ3) is 2.06. The predicted molar refractivity (Wildman–Crippen MR) is 70.8 cm³/mol. The van der Waals surface area contributed by atoms with E-state index in [1.54, 1.807) is 14.0 Å². The molecule has 0 aromatic carbocycles. The van der Waals surface area contributed by atoms with Crippen molar-refractivity contribution < 1.29 is 9.90 Å². The van der Waals surface area contributed by atoms with E-state index in [9.17, 15) is 14.4 Å². The van der Waals surface area contributed by atoms with Crippen LogP contribution in [0.25, 0.3) is 11.2 Å². The molecule has 0 spiro atoms. The van der Waals surface area contributed by atoms with Crippen molar-refractivity contribution in [3.63, 3.8) is 0 Å². The number of rotatable bonds is 3. The topological polar surface area (TPSA) is 122 Å². The summed E-state index contributed by atoms with van der Waals surface area (Å²) in [6.07, 6.45) is -0.707. The maximum absolute atomic E-state index is 11.9. The van der Waals surface area contributed by atoms with Gasteiger partial charge in [-0.1, -0.05) is 6.92 Å². The van der Waals surface area contributed by atoms with Crippen LogP contribution in [0.5, 0.6) is 0 Å². The van der Waals surface area contributed by atoms with Crippen molar-refractivity contribution in [1.82, 2.24) is 24.4 Å². The summed E-state index contributed by atoms with van der Waals surface area (Å²) >= 11 is 0. The summed E-state index contributed by atoms with van der Waals surface area (Å²) in [6.45, 7) is 1.79. The molecule has 20 heavy (non-hydrogen) atoms. The summed E-state index contributed by atoms with van der Waals surface area (Å²) in [5, 5.41) is 11.2. The van der Waals surface area contributed by atoms with E-state index in [0.29, 0.717) is 12.2 Å². The third-order valence-electron chi connectivity index (χ3n) is 3.19. The van der Waals surface area contributed by atoms with Gasteiger partial charge < -0.3 is 15.0 Å². The van der Waals surface area contributed by atoms with Crippen molar-refractivity contribution in [3.8, 4) is 0 Å². The smallest absolute Gasteiger partial charge is 0.405 e. The molecule has 0 aliphatic heterocycles. The Bertz CT molecular complexity index is 784. The molecular weight excluding hydrogens is 266 g/mol. The average molecular weight is 281 g/mol. The van der Waals surface area contributed by atoms with Crippen LogP contribution in [-0.4, -0.2) is 30.3 Å². The number of amides is 1. The summed E-state index contributed by atoms with van der Waals surface area (Å²) in [7, 11) is 3.10. The number of carboxylic acid groups (broad SMARTS) is 1. The maximum Gasteiger partial charge on any atom is 0.405 e. The number of nitrogens with zero attached hydrogens (tertiary/aromatic N) is 3. The summed E-state index contributed by atoms with van der Waals surface area (Å²) in [4.78, 5) is 40.6. The molecule has 9 heteroatoms. The Morgan fingerprint density at radius 1 is 1.40 bits per heavy atom. The minimum Gasteiger partial charge on any atom is -0.465 e. The van der Waals surface area contributed by atoms with Gasteiger partial charge in [-0.05, 0) is 6.42 Å². The van der Waals surface area contributed by atoms with Crippen molar-refractivity contribution in [1.29, 1.82) is 0 Å². The number of aromatic nitrogens is 4. The van der Waals surface area contributed by atoms with E-state index in [4.69, 9.17) is 5.11 Å². The van der Waals surface area contributed by atoms with E-state index in [1.165, 1.54) is 16.2 Å². The first-order valence-corrected chi connectivity index (χ1v) is 6.01. The zero-order chi connectivity index (χ0) is 15.0. The second kappa shape index (κ2) is 4.83. The second-order valence-electron chi connectivity index (χ2n) is 4.43. The quantitative estimate of drug-likeness (QED) is 0.711. The van der Waals surface area contributed by atoms with Gasteiger partial charge in [0.25, 0.3) is 5.56 Å². The lowest BCUT2D eigenvalue weighted by molar-refractivity contribution is 0.188. The molecule has 1 atom stereocenters. The molecule has 3 N–H and O–H groups in total. The molecule has 0 aliphatic carbocycles. The first kappa shape index (κ1) is 13.8. The van der Waals surface area contributed by atoms with Gasteiger partial charge in [-0.2, -0.15) is 0 Å². The van der Waals surface area contributed by atoms with Crippen LogP contribution in [0, 0.1) is 0 Å². The first-order valence-electron chi connectivity index (χ1n) is 6.01. The molecule has 2 heterocycles. The van der Waals surface area contributed by atoms with E-state index in [1.807, 2.05) is 0 Å². The molecule has 1 amide bonds. The van der Waals surface area contributed by atoms with Gasteiger partial charge in [0.15, 0.2) is 11.2 Å². The zero-order valence-electron chi connectivity index (χ0n) is 11.3. The number of nitrogens with one attached hydrogen (secondary N) is 2. The highest BCUT2D eigenvalue weighted by Crippen LogP contribution is 2.18. The number of fused-ring (bicyclic) bond motifs is 1. The number of aryl methyl sites for hydroxylation is 2. The standard InChI is InChI=1S/C11H15N5O4/c1-4-5(12-11(19)20)7-13-8-6(15(7)2)9(17)14-10(18)16(8)3/h5,12H,4H2,1-3H3,(H,19,20)(H,14,17,18). The monoisotopic (exact) mass is 281 g/mol. The highest BCUT2D eigenvalue weighted by Gasteiger charge is 2.21. The Hall–Kier alpha value is -2.58. The zero-order valence-corrected chi connectivity index (χ0v) is 11.3. The fourth-order valence-corrected chi connectivity index (χ4v) is 2.13. The second-order valence-corrected chi connectivity index (χ2v) is 4.43. The van der Waals surface area contributed by atoms with Crippen molar-refractivity contribution in [2.24, 2.45) is 14.1 Å². The van der Waals surface area contributed by atoms with Crippen LogP contribution >= 0.6 is 0 Å². The lowest BCUT2D eigenvalue weighted by Crippen LogP contribution is -2.29. The largest absolute Gasteiger partial charge is 0.465 e. The SMILES string of the molecule is CCC(NC(=O)O)c1nc2c(c(=O)[nH]c(=O)n2C)n1C. The van der Waals surface area contributed by atoms with Crippen LogP contribution < -0.4 is 16.6 Å².